The number of rotatable bonds is 7. The van der Waals surface area contributed by atoms with E-state index < -0.39 is 0 Å². The number of ether oxygens (including phenoxy) is 2. The van der Waals surface area contributed by atoms with Crippen LogP contribution in [-0.2, 0) is 13.2 Å². The number of pyridine rings is 1. The highest BCUT2D eigenvalue weighted by Crippen LogP contribution is 2.28. The van der Waals surface area contributed by atoms with Gasteiger partial charge in [0.2, 0.25) is 5.89 Å². The normalized spacial score (nSPS) is 10.4. The molecule has 0 radical (unpaired) electrons. The molecule has 0 aliphatic carbocycles. The van der Waals surface area contributed by atoms with Crippen molar-refractivity contribution >= 4 is 5.91 Å². The molecule has 0 saturated heterocycles. The number of carbonyl (C=O) groups excluding carboxylic acids is 1. The van der Waals surface area contributed by atoms with Gasteiger partial charge in [0.15, 0.2) is 23.8 Å². The fraction of sp³-hybridized carbons (Fsp3) is 0.211. The van der Waals surface area contributed by atoms with E-state index in [4.69, 9.17) is 13.9 Å². The molecule has 0 atom stereocenters. The zero-order chi connectivity index (χ0) is 18.4. The van der Waals surface area contributed by atoms with Crippen LogP contribution in [-0.4, -0.2) is 23.0 Å². The minimum Gasteiger partial charge on any atom is -0.493 e. The molecule has 0 aliphatic rings. The van der Waals surface area contributed by atoms with Crippen LogP contribution in [0, 0.1) is 6.92 Å². The Hall–Kier alpha value is -3.35. The van der Waals surface area contributed by atoms with Crippen LogP contribution in [0.15, 0.2) is 53.4 Å². The van der Waals surface area contributed by atoms with Crippen LogP contribution in [0.4, 0.5) is 0 Å². The predicted molar refractivity (Wildman–Crippen MR) is 94.0 cm³/mol. The highest BCUT2D eigenvalue weighted by atomic mass is 16.5. The molecule has 0 spiro atoms. The lowest BCUT2D eigenvalue weighted by Gasteiger charge is -2.09. The number of hydrogen-bond donors (Lipinski definition) is 1. The van der Waals surface area contributed by atoms with Gasteiger partial charge in [-0.2, -0.15) is 0 Å². The molecule has 0 aliphatic heterocycles. The highest BCUT2D eigenvalue weighted by molar-refractivity contribution is 5.91. The van der Waals surface area contributed by atoms with Crippen molar-refractivity contribution in [2.24, 2.45) is 0 Å². The van der Waals surface area contributed by atoms with Gasteiger partial charge in [-0.1, -0.05) is 12.1 Å². The Morgan fingerprint density at radius 1 is 1.27 bits per heavy atom. The summed E-state index contributed by atoms with van der Waals surface area (Å²) in [7, 11) is 1.58. The Balaban J connectivity index is 1.57. The Labute approximate surface area is 151 Å². The first-order valence-electron chi connectivity index (χ1n) is 8.04. The standard InChI is InChI=1S/C19H19N3O4/c1-13-5-6-16(17(8-13)24-2)25-12-18-22-15(11-26-18)19(23)21-10-14-4-3-7-20-9-14/h3-9,11H,10,12H2,1-2H3,(H,21,23). The van der Waals surface area contributed by atoms with E-state index in [1.807, 2.05) is 37.3 Å². The molecule has 2 aromatic heterocycles. The topological polar surface area (TPSA) is 86.5 Å². The van der Waals surface area contributed by atoms with Crippen LogP contribution >= 0.6 is 0 Å². The summed E-state index contributed by atoms with van der Waals surface area (Å²) in [5, 5.41) is 2.76. The molecule has 3 aromatic rings. The summed E-state index contributed by atoms with van der Waals surface area (Å²) in [5.74, 6) is 1.20. The second kappa shape index (κ2) is 8.15. The van der Waals surface area contributed by atoms with Crippen molar-refractivity contribution in [1.29, 1.82) is 0 Å². The number of amides is 1. The van der Waals surface area contributed by atoms with Gasteiger partial charge >= 0.3 is 0 Å². The Morgan fingerprint density at radius 3 is 2.92 bits per heavy atom. The fourth-order valence-corrected chi connectivity index (χ4v) is 2.29. The van der Waals surface area contributed by atoms with Crippen LogP contribution < -0.4 is 14.8 Å². The fourth-order valence-electron chi connectivity index (χ4n) is 2.29. The van der Waals surface area contributed by atoms with Gasteiger partial charge in [-0.05, 0) is 36.2 Å². The maximum Gasteiger partial charge on any atom is 0.273 e. The molecule has 0 saturated carbocycles. The number of methoxy groups -OCH3 is 1. The van der Waals surface area contributed by atoms with E-state index in [1.54, 1.807) is 19.5 Å². The second-order valence-corrected chi connectivity index (χ2v) is 5.61. The maximum absolute atomic E-state index is 12.1. The number of hydrogen-bond acceptors (Lipinski definition) is 6. The largest absolute Gasteiger partial charge is 0.493 e. The molecule has 1 N–H and O–H groups in total. The average Bonchev–Trinajstić information content (AvgIpc) is 3.15. The smallest absolute Gasteiger partial charge is 0.273 e. The van der Waals surface area contributed by atoms with E-state index >= 15 is 0 Å². The number of benzene rings is 1. The van der Waals surface area contributed by atoms with Gasteiger partial charge in [-0.25, -0.2) is 4.98 Å². The number of carbonyl (C=O) groups is 1. The van der Waals surface area contributed by atoms with E-state index in [0.29, 0.717) is 23.9 Å². The third-order valence-corrected chi connectivity index (χ3v) is 3.63. The molecule has 1 aromatic carbocycles. The minimum absolute atomic E-state index is 0.0926. The summed E-state index contributed by atoms with van der Waals surface area (Å²) in [4.78, 5) is 20.3. The van der Waals surface area contributed by atoms with Gasteiger partial charge in [0, 0.05) is 18.9 Å². The number of aromatic nitrogens is 2. The average molecular weight is 353 g/mol. The molecular formula is C19H19N3O4. The molecule has 7 nitrogen and oxygen atoms in total. The number of oxazole rings is 1. The number of nitrogens with zero attached hydrogens (tertiary/aromatic N) is 2. The highest BCUT2D eigenvalue weighted by Gasteiger charge is 2.13. The maximum atomic E-state index is 12.1. The molecule has 0 bridgehead atoms. The molecule has 1 amide bonds. The lowest BCUT2D eigenvalue weighted by Crippen LogP contribution is -2.23. The zero-order valence-corrected chi connectivity index (χ0v) is 14.6. The van der Waals surface area contributed by atoms with Crippen molar-refractivity contribution in [1.82, 2.24) is 15.3 Å². The summed E-state index contributed by atoms with van der Waals surface area (Å²) in [5.41, 5.74) is 2.17. The van der Waals surface area contributed by atoms with Gasteiger partial charge < -0.3 is 19.2 Å². The quantitative estimate of drug-likeness (QED) is 0.703. The summed E-state index contributed by atoms with van der Waals surface area (Å²) in [6, 6.07) is 9.31. The molecule has 7 heteroatoms. The minimum atomic E-state index is -0.322. The first-order chi connectivity index (χ1) is 12.7. The summed E-state index contributed by atoms with van der Waals surface area (Å²) in [6.45, 7) is 2.43. The van der Waals surface area contributed by atoms with Gasteiger partial charge in [-0.3, -0.25) is 9.78 Å². The molecule has 0 unspecified atom stereocenters. The predicted octanol–water partition coefficient (Wildman–Crippen LogP) is 2.90. The Kier molecular flexibility index (Phi) is 5.48. The number of aryl methyl sites for hydroxylation is 1. The van der Waals surface area contributed by atoms with E-state index in [1.165, 1.54) is 6.26 Å². The van der Waals surface area contributed by atoms with Crippen LogP contribution in [0.3, 0.4) is 0 Å². The van der Waals surface area contributed by atoms with E-state index in [2.05, 4.69) is 15.3 Å². The third kappa shape index (κ3) is 4.38. The molecule has 3 rings (SSSR count). The van der Waals surface area contributed by atoms with E-state index in [-0.39, 0.29) is 18.2 Å². The van der Waals surface area contributed by atoms with E-state index in [0.717, 1.165) is 11.1 Å². The van der Waals surface area contributed by atoms with Crippen LogP contribution in [0.5, 0.6) is 11.5 Å². The van der Waals surface area contributed by atoms with Crippen molar-refractivity contribution in [3.05, 3.63) is 71.7 Å². The van der Waals surface area contributed by atoms with Crippen LogP contribution in [0.25, 0.3) is 0 Å². The van der Waals surface area contributed by atoms with Crippen molar-refractivity contribution in [2.75, 3.05) is 7.11 Å². The van der Waals surface area contributed by atoms with Crippen LogP contribution in [0.1, 0.15) is 27.5 Å². The zero-order valence-electron chi connectivity index (χ0n) is 14.6. The monoisotopic (exact) mass is 353 g/mol. The summed E-state index contributed by atoms with van der Waals surface area (Å²) >= 11 is 0. The lowest BCUT2D eigenvalue weighted by atomic mass is 10.2. The van der Waals surface area contributed by atoms with Crippen molar-refractivity contribution in [3.63, 3.8) is 0 Å². The molecule has 26 heavy (non-hydrogen) atoms. The van der Waals surface area contributed by atoms with Crippen molar-refractivity contribution < 1.29 is 18.7 Å². The molecule has 0 fully saturated rings. The van der Waals surface area contributed by atoms with Gasteiger partial charge in [0.25, 0.3) is 5.91 Å². The van der Waals surface area contributed by atoms with Gasteiger partial charge in [-0.15, -0.1) is 0 Å². The van der Waals surface area contributed by atoms with Gasteiger partial charge in [0.1, 0.15) is 6.26 Å². The number of nitrogens with one attached hydrogen (secondary N) is 1. The summed E-state index contributed by atoms with van der Waals surface area (Å²) in [6.07, 6.45) is 4.68. The Bertz CT molecular complexity index is 878. The second-order valence-electron chi connectivity index (χ2n) is 5.61. The van der Waals surface area contributed by atoms with Crippen molar-refractivity contribution in [3.8, 4) is 11.5 Å². The van der Waals surface area contributed by atoms with E-state index in [9.17, 15) is 4.79 Å². The third-order valence-electron chi connectivity index (χ3n) is 3.63. The first-order valence-corrected chi connectivity index (χ1v) is 8.04. The first kappa shape index (κ1) is 17.5. The van der Waals surface area contributed by atoms with Crippen molar-refractivity contribution in [2.45, 2.75) is 20.1 Å². The lowest BCUT2D eigenvalue weighted by molar-refractivity contribution is 0.0946. The van der Waals surface area contributed by atoms with Crippen LogP contribution in [0.2, 0.25) is 0 Å². The Morgan fingerprint density at radius 2 is 2.15 bits per heavy atom. The summed E-state index contributed by atoms with van der Waals surface area (Å²) < 4.78 is 16.3. The molecular weight excluding hydrogens is 334 g/mol. The van der Waals surface area contributed by atoms with Gasteiger partial charge in [0.05, 0.1) is 7.11 Å². The molecule has 2 heterocycles. The SMILES string of the molecule is COc1cc(C)ccc1OCc1nc(C(=O)NCc2cccnc2)co1. The molecule has 134 valence electrons.